The van der Waals surface area contributed by atoms with E-state index >= 15 is 0 Å². The summed E-state index contributed by atoms with van der Waals surface area (Å²) < 4.78 is 5.27. The van der Waals surface area contributed by atoms with E-state index in [2.05, 4.69) is 40.3 Å². The second kappa shape index (κ2) is 5.02. The lowest BCUT2D eigenvalue weighted by Crippen LogP contribution is -1.99. The minimum Gasteiger partial charge on any atom is -0.380 e. The van der Waals surface area contributed by atoms with Crippen molar-refractivity contribution in [2.45, 2.75) is 20.1 Å². The molecule has 5 heteroatoms. The van der Waals surface area contributed by atoms with Crippen LogP contribution in [0.2, 0.25) is 0 Å². The quantitative estimate of drug-likeness (QED) is 0.738. The van der Waals surface area contributed by atoms with Gasteiger partial charge in [0.15, 0.2) is 0 Å². The average Bonchev–Trinajstić information content (AvgIpc) is 2.80. The first-order valence-corrected chi connectivity index (χ1v) is 6.41. The second-order valence-electron chi connectivity index (χ2n) is 4.87. The first-order chi connectivity index (χ1) is 9.74. The normalized spacial score (nSPS) is 11.3. The van der Waals surface area contributed by atoms with Crippen molar-refractivity contribution in [1.82, 2.24) is 9.97 Å². The molecule has 0 bridgehead atoms. The van der Waals surface area contributed by atoms with Gasteiger partial charge in [0.05, 0.1) is 24.0 Å². The lowest BCUT2D eigenvalue weighted by molar-refractivity contribution is 0.185. The van der Waals surface area contributed by atoms with E-state index in [9.17, 15) is 4.91 Å². The number of hydrogen-bond acceptors (Lipinski definition) is 4. The summed E-state index contributed by atoms with van der Waals surface area (Å²) in [5, 5.41) is 5.15. The van der Waals surface area contributed by atoms with Crippen LogP contribution >= 0.6 is 0 Å². The van der Waals surface area contributed by atoms with Crippen molar-refractivity contribution in [3.05, 3.63) is 46.1 Å². The lowest BCUT2D eigenvalue weighted by atomic mass is 10.0. The molecule has 0 spiro atoms. The van der Waals surface area contributed by atoms with Gasteiger partial charge in [-0.05, 0) is 19.1 Å². The van der Waals surface area contributed by atoms with E-state index in [1.807, 2.05) is 0 Å². The Hall–Kier alpha value is -2.27. The molecule has 5 nitrogen and oxygen atoms in total. The molecular weight excluding hydrogens is 254 g/mol. The van der Waals surface area contributed by atoms with Crippen molar-refractivity contribution in [1.29, 1.82) is 0 Å². The first kappa shape index (κ1) is 12.7. The molecule has 0 atom stereocenters. The molecule has 2 heterocycles. The highest BCUT2D eigenvalue weighted by Gasteiger charge is 2.14. The molecule has 102 valence electrons. The highest BCUT2D eigenvalue weighted by Crippen LogP contribution is 2.30. The van der Waals surface area contributed by atoms with E-state index in [1.54, 1.807) is 13.3 Å². The number of pyridine rings is 1. The van der Waals surface area contributed by atoms with E-state index in [4.69, 9.17) is 4.74 Å². The van der Waals surface area contributed by atoms with Crippen molar-refractivity contribution in [2.75, 3.05) is 7.11 Å². The third-order valence-electron chi connectivity index (χ3n) is 3.49. The zero-order valence-electron chi connectivity index (χ0n) is 11.4. The summed E-state index contributed by atoms with van der Waals surface area (Å²) in [4.78, 5) is 18.3. The fourth-order valence-corrected chi connectivity index (χ4v) is 2.61. The molecule has 20 heavy (non-hydrogen) atoms. The average molecular weight is 269 g/mol. The Kier molecular flexibility index (Phi) is 3.20. The number of aryl methyl sites for hydroxylation is 1. The molecule has 0 saturated carbocycles. The predicted octanol–water partition coefficient (Wildman–Crippen LogP) is 3.44. The smallest absolute Gasteiger partial charge is 0.124 e. The van der Waals surface area contributed by atoms with Gasteiger partial charge in [0.2, 0.25) is 0 Å². The van der Waals surface area contributed by atoms with E-state index in [0.717, 1.165) is 27.4 Å². The van der Waals surface area contributed by atoms with Gasteiger partial charge in [-0.25, -0.2) is 0 Å². The van der Waals surface area contributed by atoms with Crippen molar-refractivity contribution in [3.63, 3.8) is 0 Å². The monoisotopic (exact) mass is 269 g/mol. The third-order valence-corrected chi connectivity index (χ3v) is 3.49. The molecule has 1 N–H and O–H groups in total. The summed E-state index contributed by atoms with van der Waals surface area (Å²) in [6.45, 7) is 2.53. The number of methoxy groups -OCH3 is 1. The minimum absolute atomic E-state index is 0.0626. The number of nitroso groups, excluding NO2 is 1. The standard InChI is InChI=1S/C15H15N3O2/c1-9-3-4-12-10(5-9)15-11(8-20-2)13(7-17-19)16-6-14(15)18-12/h3-6,18H,7-8H2,1-2H3. The van der Waals surface area contributed by atoms with E-state index in [-0.39, 0.29) is 6.54 Å². The van der Waals surface area contributed by atoms with Crippen LogP contribution in [0.4, 0.5) is 0 Å². The number of nitrogens with one attached hydrogen (secondary N) is 1. The molecule has 0 amide bonds. The van der Waals surface area contributed by atoms with Crippen LogP contribution in [-0.4, -0.2) is 17.1 Å². The number of H-pyrrole nitrogens is 1. The summed E-state index contributed by atoms with van der Waals surface area (Å²) in [5.41, 5.74) is 4.81. The maximum atomic E-state index is 10.6. The lowest BCUT2D eigenvalue weighted by Gasteiger charge is -2.07. The van der Waals surface area contributed by atoms with Crippen molar-refractivity contribution in [3.8, 4) is 0 Å². The van der Waals surface area contributed by atoms with Crippen LogP contribution < -0.4 is 0 Å². The zero-order valence-corrected chi connectivity index (χ0v) is 11.4. The Labute approximate surface area is 115 Å². The molecule has 2 aromatic heterocycles. The van der Waals surface area contributed by atoms with Gasteiger partial charge in [-0.15, -0.1) is 0 Å². The molecule has 0 aliphatic heterocycles. The van der Waals surface area contributed by atoms with Gasteiger partial charge in [-0.3, -0.25) is 4.98 Å². The van der Waals surface area contributed by atoms with Gasteiger partial charge in [0, 0.05) is 29.0 Å². The fourth-order valence-electron chi connectivity index (χ4n) is 2.61. The molecule has 0 fully saturated rings. The third kappa shape index (κ3) is 1.96. The van der Waals surface area contributed by atoms with Crippen molar-refractivity contribution >= 4 is 21.8 Å². The maximum Gasteiger partial charge on any atom is 0.124 e. The summed E-state index contributed by atoms with van der Waals surface area (Å²) in [6, 6.07) is 6.25. The molecule has 3 aromatic rings. The SMILES string of the molecule is COCc1c(CN=O)ncc2[nH]c3ccc(C)cc3c12. The molecule has 0 aliphatic rings. The van der Waals surface area contributed by atoms with Gasteiger partial charge in [-0.2, -0.15) is 4.91 Å². The van der Waals surface area contributed by atoms with Crippen LogP contribution in [0, 0.1) is 11.8 Å². The zero-order chi connectivity index (χ0) is 14.1. The fraction of sp³-hybridized carbons (Fsp3) is 0.267. The first-order valence-electron chi connectivity index (χ1n) is 6.41. The Balaban J connectivity index is 2.40. The number of aromatic nitrogens is 2. The van der Waals surface area contributed by atoms with Gasteiger partial charge >= 0.3 is 0 Å². The van der Waals surface area contributed by atoms with Gasteiger partial charge in [0.25, 0.3) is 0 Å². The Morgan fingerprint density at radius 3 is 2.95 bits per heavy atom. The Morgan fingerprint density at radius 2 is 2.20 bits per heavy atom. The van der Waals surface area contributed by atoms with Crippen LogP contribution in [0.25, 0.3) is 21.8 Å². The Morgan fingerprint density at radius 1 is 1.35 bits per heavy atom. The molecule has 3 rings (SSSR count). The van der Waals surface area contributed by atoms with Gasteiger partial charge < -0.3 is 9.72 Å². The number of ether oxygens (including phenoxy) is 1. The summed E-state index contributed by atoms with van der Waals surface area (Å²) in [6.07, 6.45) is 1.75. The number of hydrogen-bond donors (Lipinski definition) is 1. The number of benzene rings is 1. The summed E-state index contributed by atoms with van der Waals surface area (Å²) in [5.74, 6) is 0. The maximum absolute atomic E-state index is 10.6. The molecule has 1 aromatic carbocycles. The highest BCUT2D eigenvalue weighted by molar-refractivity contribution is 6.09. The number of nitrogens with zero attached hydrogens (tertiary/aromatic N) is 2. The number of fused-ring (bicyclic) bond motifs is 3. The van der Waals surface area contributed by atoms with Crippen LogP contribution in [-0.2, 0) is 17.9 Å². The largest absolute Gasteiger partial charge is 0.380 e. The molecule has 0 unspecified atom stereocenters. The summed E-state index contributed by atoms with van der Waals surface area (Å²) in [7, 11) is 1.64. The number of aromatic amines is 1. The topological polar surface area (TPSA) is 67.3 Å². The predicted molar refractivity (Wildman–Crippen MR) is 78.5 cm³/mol. The van der Waals surface area contributed by atoms with Gasteiger partial charge in [0.1, 0.15) is 6.54 Å². The molecule has 0 radical (unpaired) electrons. The van der Waals surface area contributed by atoms with Crippen molar-refractivity contribution < 1.29 is 4.74 Å². The minimum atomic E-state index is 0.0626. The highest BCUT2D eigenvalue weighted by atomic mass is 16.5. The van der Waals surface area contributed by atoms with Crippen molar-refractivity contribution in [2.24, 2.45) is 5.18 Å². The van der Waals surface area contributed by atoms with E-state index < -0.39 is 0 Å². The number of rotatable bonds is 4. The van der Waals surface area contributed by atoms with Crippen LogP contribution in [0.3, 0.4) is 0 Å². The van der Waals surface area contributed by atoms with Crippen LogP contribution in [0.5, 0.6) is 0 Å². The summed E-state index contributed by atoms with van der Waals surface area (Å²) >= 11 is 0. The van der Waals surface area contributed by atoms with Crippen LogP contribution in [0.1, 0.15) is 16.8 Å². The molecule has 0 aliphatic carbocycles. The van der Waals surface area contributed by atoms with E-state index in [1.165, 1.54) is 5.56 Å². The second-order valence-corrected chi connectivity index (χ2v) is 4.87. The van der Waals surface area contributed by atoms with Gasteiger partial charge in [-0.1, -0.05) is 16.8 Å². The molecular formula is C15H15N3O2. The van der Waals surface area contributed by atoms with E-state index in [0.29, 0.717) is 12.3 Å². The Bertz CT molecular complexity index is 793. The van der Waals surface area contributed by atoms with Crippen LogP contribution in [0.15, 0.2) is 29.6 Å². The molecule has 0 saturated heterocycles.